The summed E-state index contributed by atoms with van der Waals surface area (Å²) >= 11 is 0. The zero-order valence-electron chi connectivity index (χ0n) is 12.6. The lowest BCUT2D eigenvalue weighted by molar-refractivity contribution is -0.150. The van der Waals surface area contributed by atoms with Crippen molar-refractivity contribution in [2.45, 2.75) is 32.6 Å². The van der Waals surface area contributed by atoms with Gasteiger partial charge in [0, 0.05) is 26.1 Å². The number of rotatable bonds is 7. The van der Waals surface area contributed by atoms with Gasteiger partial charge in [0.25, 0.3) is 0 Å². The summed E-state index contributed by atoms with van der Waals surface area (Å²) in [4.78, 5) is 14.0. The van der Waals surface area contributed by atoms with Gasteiger partial charge in [-0.05, 0) is 31.7 Å². The molecule has 2 N–H and O–H groups in total. The van der Waals surface area contributed by atoms with Gasteiger partial charge in [0.1, 0.15) is 0 Å². The topological polar surface area (TPSA) is 61.8 Å². The molecule has 20 heavy (non-hydrogen) atoms. The highest BCUT2D eigenvalue weighted by atomic mass is 16.5. The number of nitrogens with zero attached hydrogens (tertiary/aromatic N) is 1. The number of aliphatic hydroxyl groups is 1. The molecule has 0 saturated carbocycles. The number of amides is 1. The van der Waals surface area contributed by atoms with Crippen molar-refractivity contribution in [3.05, 3.63) is 0 Å². The molecule has 0 radical (unpaired) electrons. The van der Waals surface area contributed by atoms with Crippen molar-refractivity contribution in [2.75, 3.05) is 46.0 Å². The van der Waals surface area contributed by atoms with Crippen LogP contribution in [0.5, 0.6) is 0 Å². The summed E-state index contributed by atoms with van der Waals surface area (Å²) in [6.45, 7) is 7.42. The third-order valence-corrected chi connectivity index (χ3v) is 4.38. The molecule has 116 valence electrons. The largest absolute Gasteiger partial charge is 0.396 e. The summed E-state index contributed by atoms with van der Waals surface area (Å²) in [6, 6.07) is 0. The molecule has 1 atom stereocenters. The quantitative estimate of drug-likeness (QED) is 0.719. The number of carbonyl (C=O) groups is 1. The minimum Gasteiger partial charge on any atom is -0.396 e. The Bertz CT molecular complexity index is 313. The number of hydrogen-bond acceptors (Lipinski definition) is 4. The first-order valence-corrected chi connectivity index (χ1v) is 7.85. The van der Waals surface area contributed by atoms with E-state index < -0.39 is 0 Å². The third-order valence-electron chi connectivity index (χ3n) is 4.38. The number of piperidine rings is 1. The van der Waals surface area contributed by atoms with E-state index in [4.69, 9.17) is 4.74 Å². The Kier molecular flexibility index (Phi) is 5.81. The van der Waals surface area contributed by atoms with Crippen LogP contribution in [0.4, 0.5) is 0 Å². The standard InChI is InChI=1S/C15H28N2O3/c1-2-4-14(19)16-7-13-5-3-6-17(8-13)9-15(10-18)11-20-12-15/h13,18H,2-12H2,1H3,(H,16,19). The predicted molar refractivity (Wildman–Crippen MR) is 77.4 cm³/mol. The summed E-state index contributed by atoms with van der Waals surface area (Å²) in [5.41, 5.74) is -0.0344. The number of carbonyl (C=O) groups excluding carboxylic acids is 1. The molecule has 0 aromatic heterocycles. The highest BCUT2D eigenvalue weighted by Gasteiger charge is 2.40. The third kappa shape index (κ3) is 4.17. The van der Waals surface area contributed by atoms with Gasteiger partial charge in [-0.2, -0.15) is 0 Å². The van der Waals surface area contributed by atoms with Gasteiger partial charge in [-0.15, -0.1) is 0 Å². The molecule has 0 aromatic carbocycles. The zero-order chi connectivity index (χ0) is 14.4. The molecule has 5 nitrogen and oxygen atoms in total. The van der Waals surface area contributed by atoms with Crippen molar-refractivity contribution in [1.29, 1.82) is 0 Å². The Balaban J connectivity index is 1.72. The summed E-state index contributed by atoms with van der Waals surface area (Å²) in [7, 11) is 0. The molecule has 2 heterocycles. The Morgan fingerprint density at radius 2 is 2.30 bits per heavy atom. The molecule has 1 amide bonds. The van der Waals surface area contributed by atoms with Crippen molar-refractivity contribution in [3.63, 3.8) is 0 Å². The number of ether oxygens (including phenoxy) is 1. The lowest BCUT2D eigenvalue weighted by Crippen LogP contribution is -2.55. The smallest absolute Gasteiger partial charge is 0.219 e. The van der Waals surface area contributed by atoms with Crippen LogP contribution in [-0.2, 0) is 9.53 Å². The van der Waals surface area contributed by atoms with E-state index in [2.05, 4.69) is 10.2 Å². The second-order valence-corrected chi connectivity index (χ2v) is 6.45. The molecule has 2 saturated heterocycles. The number of hydrogen-bond donors (Lipinski definition) is 2. The summed E-state index contributed by atoms with van der Waals surface area (Å²) in [5, 5.41) is 12.5. The van der Waals surface area contributed by atoms with Crippen LogP contribution in [0.2, 0.25) is 0 Å². The minimum absolute atomic E-state index is 0.0344. The average Bonchev–Trinajstić information content (AvgIpc) is 2.41. The van der Waals surface area contributed by atoms with Crippen LogP contribution >= 0.6 is 0 Å². The van der Waals surface area contributed by atoms with E-state index >= 15 is 0 Å². The molecule has 0 aromatic rings. The van der Waals surface area contributed by atoms with Gasteiger partial charge >= 0.3 is 0 Å². The molecule has 0 spiro atoms. The predicted octanol–water partition coefficient (Wildman–Crippen LogP) is 0.624. The fraction of sp³-hybridized carbons (Fsp3) is 0.933. The highest BCUT2D eigenvalue weighted by molar-refractivity contribution is 5.75. The van der Waals surface area contributed by atoms with E-state index in [9.17, 15) is 9.90 Å². The second kappa shape index (κ2) is 7.38. The highest BCUT2D eigenvalue weighted by Crippen LogP contribution is 2.29. The molecule has 2 rings (SSSR count). The van der Waals surface area contributed by atoms with E-state index in [-0.39, 0.29) is 17.9 Å². The molecule has 0 bridgehead atoms. The van der Waals surface area contributed by atoms with Gasteiger partial charge in [-0.3, -0.25) is 4.79 Å². The van der Waals surface area contributed by atoms with Gasteiger partial charge < -0.3 is 20.1 Å². The first-order chi connectivity index (χ1) is 9.67. The lowest BCUT2D eigenvalue weighted by atomic mass is 9.85. The Morgan fingerprint density at radius 3 is 2.90 bits per heavy atom. The summed E-state index contributed by atoms with van der Waals surface area (Å²) in [6.07, 6.45) is 3.89. The molecular formula is C15H28N2O3. The van der Waals surface area contributed by atoms with Crippen LogP contribution in [0.15, 0.2) is 0 Å². The number of nitrogens with one attached hydrogen (secondary N) is 1. The maximum atomic E-state index is 11.5. The van der Waals surface area contributed by atoms with E-state index in [1.54, 1.807) is 0 Å². The normalized spacial score (nSPS) is 26.0. The fourth-order valence-electron chi connectivity index (χ4n) is 3.13. The lowest BCUT2D eigenvalue weighted by Gasteiger charge is -2.45. The Labute approximate surface area is 121 Å². The molecule has 2 fully saturated rings. The summed E-state index contributed by atoms with van der Waals surface area (Å²) in [5.74, 6) is 0.713. The van der Waals surface area contributed by atoms with Crippen LogP contribution in [0.1, 0.15) is 32.6 Å². The zero-order valence-corrected chi connectivity index (χ0v) is 12.6. The maximum Gasteiger partial charge on any atom is 0.219 e. The minimum atomic E-state index is -0.0344. The van der Waals surface area contributed by atoms with E-state index in [0.29, 0.717) is 25.6 Å². The van der Waals surface area contributed by atoms with E-state index in [1.807, 2.05) is 6.92 Å². The monoisotopic (exact) mass is 284 g/mol. The van der Waals surface area contributed by atoms with E-state index in [0.717, 1.165) is 32.6 Å². The van der Waals surface area contributed by atoms with Crippen LogP contribution in [0, 0.1) is 11.3 Å². The van der Waals surface area contributed by atoms with Crippen LogP contribution in [-0.4, -0.2) is 61.9 Å². The van der Waals surface area contributed by atoms with Gasteiger partial charge in [-0.1, -0.05) is 6.92 Å². The summed E-state index contributed by atoms with van der Waals surface area (Å²) < 4.78 is 5.26. The molecule has 1 unspecified atom stereocenters. The van der Waals surface area contributed by atoms with Crippen molar-refractivity contribution in [3.8, 4) is 0 Å². The fourth-order valence-corrected chi connectivity index (χ4v) is 3.13. The molecule has 2 aliphatic rings. The maximum absolute atomic E-state index is 11.5. The van der Waals surface area contributed by atoms with Gasteiger partial charge in [0.2, 0.25) is 5.91 Å². The van der Waals surface area contributed by atoms with Crippen LogP contribution in [0.25, 0.3) is 0 Å². The molecule has 2 aliphatic heterocycles. The van der Waals surface area contributed by atoms with Crippen molar-refractivity contribution in [2.24, 2.45) is 11.3 Å². The van der Waals surface area contributed by atoms with Crippen molar-refractivity contribution < 1.29 is 14.6 Å². The van der Waals surface area contributed by atoms with Gasteiger partial charge in [-0.25, -0.2) is 0 Å². The first kappa shape index (κ1) is 15.7. The van der Waals surface area contributed by atoms with Gasteiger partial charge in [0.05, 0.1) is 25.2 Å². The number of likely N-dealkylation sites (tertiary alicyclic amines) is 1. The molecule has 0 aliphatic carbocycles. The van der Waals surface area contributed by atoms with E-state index in [1.165, 1.54) is 12.8 Å². The first-order valence-electron chi connectivity index (χ1n) is 7.85. The molecular weight excluding hydrogens is 256 g/mol. The van der Waals surface area contributed by atoms with Crippen LogP contribution in [0.3, 0.4) is 0 Å². The van der Waals surface area contributed by atoms with Crippen LogP contribution < -0.4 is 5.32 Å². The van der Waals surface area contributed by atoms with Crippen molar-refractivity contribution >= 4 is 5.91 Å². The van der Waals surface area contributed by atoms with Gasteiger partial charge in [0.15, 0.2) is 0 Å². The average molecular weight is 284 g/mol. The Hall–Kier alpha value is -0.650. The van der Waals surface area contributed by atoms with Crippen molar-refractivity contribution in [1.82, 2.24) is 10.2 Å². The molecule has 5 heteroatoms. The Morgan fingerprint density at radius 1 is 1.50 bits per heavy atom. The second-order valence-electron chi connectivity index (χ2n) is 6.45. The number of aliphatic hydroxyl groups excluding tert-OH is 1. The SMILES string of the molecule is CCCC(=O)NCC1CCCN(CC2(CO)COC2)C1.